The normalized spacial score (nSPS) is 15.0. The quantitative estimate of drug-likeness (QED) is 0.242. The minimum absolute atomic E-state index is 0.00588. The Kier molecular flexibility index (Phi) is 11.0. The second-order valence-electron chi connectivity index (χ2n) is 12.4. The maximum absolute atomic E-state index is 13.2. The largest absolute Gasteiger partial charge is 0.465 e. The lowest BCUT2D eigenvalue weighted by atomic mass is 9.98. The summed E-state index contributed by atoms with van der Waals surface area (Å²) >= 11 is 0. The summed E-state index contributed by atoms with van der Waals surface area (Å²) in [5, 5.41) is 17.1. The van der Waals surface area contributed by atoms with Gasteiger partial charge in [0.1, 0.15) is 25.3 Å². The predicted molar refractivity (Wildman–Crippen MR) is 181 cm³/mol. The number of hydrogen-bond acceptors (Lipinski definition) is 7. The van der Waals surface area contributed by atoms with Gasteiger partial charge >= 0.3 is 18.3 Å². The van der Waals surface area contributed by atoms with Crippen molar-refractivity contribution in [2.45, 2.75) is 45.4 Å². The first-order valence-electron chi connectivity index (χ1n) is 16.2. The first-order valence-corrected chi connectivity index (χ1v) is 16.2. The van der Waals surface area contributed by atoms with Crippen LogP contribution in [0.3, 0.4) is 0 Å². The number of ether oxygens (including phenoxy) is 2. The van der Waals surface area contributed by atoms with Crippen LogP contribution in [-0.4, -0.2) is 89.9 Å². The fourth-order valence-corrected chi connectivity index (χ4v) is 5.92. The molecule has 1 heterocycles. The van der Waals surface area contributed by atoms with Crippen molar-refractivity contribution < 1.29 is 38.6 Å². The van der Waals surface area contributed by atoms with Crippen LogP contribution in [0.1, 0.15) is 43.4 Å². The van der Waals surface area contributed by atoms with Crippen LogP contribution in [0.25, 0.3) is 11.1 Å². The van der Waals surface area contributed by atoms with Crippen LogP contribution in [0, 0.1) is 5.92 Å². The van der Waals surface area contributed by atoms with Gasteiger partial charge in [-0.15, -0.1) is 0 Å². The molecule has 258 valence electrons. The van der Waals surface area contributed by atoms with E-state index >= 15 is 0 Å². The monoisotopic (exact) mass is 671 g/mol. The Balaban J connectivity index is 1.07. The summed E-state index contributed by atoms with van der Waals surface area (Å²) in [6.07, 6.45) is -2.26. The van der Waals surface area contributed by atoms with Gasteiger partial charge in [0.15, 0.2) is 0 Å². The molecule has 13 heteroatoms. The maximum atomic E-state index is 13.2. The highest BCUT2D eigenvalue weighted by Crippen LogP contribution is 2.44. The van der Waals surface area contributed by atoms with E-state index in [-0.39, 0.29) is 51.2 Å². The van der Waals surface area contributed by atoms with E-state index in [0.717, 1.165) is 22.3 Å². The number of piperazine rings is 1. The summed E-state index contributed by atoms with van der Waals surface area (Å²) in [5.41, 5.74) is 5.55. The van der Waals surface area contributed by atoms with E-state index in [2.05, 4.69) is 28.1 Å². The van der Waals surface area contributed by atoms with Crippen molar-refractivity contribution in [2.75, 3.05) is 38.1 Å². The molecule has 2 atom stereocenters. The van der Waals surface area contributed by atoms with Crippen LogP contribution in [-0.2, 0) is 25.7 Å². The topological polar surface area (TPSA) is 167 Å². The third-order valence-electron chi connectivity index (χ3n) is 8.71. The summed E-state index contributed by atoms with van der Waals surface area (Å²) < 4.78 is 11.0. The summed E-state index contributed by atoms with van der Waals surface area (Å²) in [5.74, 6) is -1.39. The predicted octanol–water partition coefficient (Wildman–Crippen LogP) is 4.63. The Morgan fingerprint density at radius 3 is 1.90 bits per heavy atom. The molecule has 3 aromatic rings. The SMILES string of the molecule is CC(C)[C@H](NC(=O)OCC1c2ccccc2-c2ccccc21)C(=O)N[C@@H](C)C(=O)Nc1ccc(COC(=O)N2CCN(C(=O)O)CC2)cc1. The molecule has 1 aliphatic carbocycles. The fourth-order valence-electron chi connectivity index (χ4n) is 5.92. The van der Waals surface area contributed by atoms with Crippen molar-refractivity contribution >= 4 is 35.8 Å². The zero-order valence-corrected chi connectivity index (χ0v) is 27.7. The van der Waals surface area contributed by atoms with E-state index in [4.69, 9.17) is 14.6 Å². The molecule has 1 saturated heterocycles. The third kappa shape index (κ3) is 8.47. The molecule has 0 spiro atoms. The average Bonchev–Trinajstić information content (AvgIpc) is 3.42. The van der Waals surface area contributed by atoms with E-state index < -0.39 is 42.2 Å². The van der Waals surface area contributed by atoms with Gasteiger partial charge in [0, 0.05) is 37.8 Å². The van der Waals surface area contributed by atoms with Gasteiger partial charge in [-0.3, -0.25) is 9.59 Å². The molecule has 4 N–H and O–H groups in total. The Morgan fingerprint density at radius 1 is 0.755 bits per heavy atom. The van der Waals surface area contributed by atoms with E-state index in [9.17, 15) is 24.0 Å². The lowest BCUT2D eigenvalue weighted by Crippen LogP contribution is -2.53. The van der Waals surface area contributed by atoms with Crippen molar-refractivity contribution in [3.63, 3.8) is 0 Å². The lowest BCUT2D eigenvalue weighted by molar-refractivity contribution is -0.128. The summed E-state index contributed by atoms with van der Waals surface area (Å²) in [6, 6.07) is 20.9. The fraction of sp³-hybridized carbons (Fsp3) is 0.361. The maximum Gasteiger partial charge on any atom is 0.410 e. The molecule has 1 fully saturated rings. The van der Waals surface area contributed by atoms with Crippen molar-refractivity contribution in [1.82, 2.24) is 20.4 Å². The smallest absolute Gasteiger partial charge is 0.410 e. The number of rotatable bonds is 10. The van der Waals surface area contributed by atoms with Gasteiger partial charge in [-0.05, 0) is 52.8 Å². The molecule has 1 aliphatic heterocycles. The first-order chi connectivity index (χ1) is 23.5. The molecule has 0 bridgehead atoms. The molecule has 13 nitrogen and oxygen atoms in total. The summed E-state index contributed by atoms with van der Waals surface area (Å²) in [4.78, 5) is 65.1. The van der Waals surface area contributed by atoms with E-state index in [1.165, 1.54) is 9.80 Å². The van der Waals surface area contributed by atoms with Gasteiger partial charge < -0.3 is 40.3 Å². The Labute approximate surface area is 284 Å². The minimum atomic E-state index is -1.01. The van der Waals surface area contributed by atoms with Crippen molar-refractivity contribution in [1.29, 1.82) is 0 Å². The van der Waals surface area contributed by atoms with Crippen molar-refractivity contribution in [3.8, 4) is 11.1 Å². The molecule has 49 heavy (non-hydrogen) atoms. The lowest BCUT2D eigenvalue weighted by Gasteiger charge is -2.32. The van der Waals surface area contributed by atoms with Crippen molar-refractivity contribution in [2.24, 2.45) is 5.92 Å². The van der Waals surface area contributed by atoms with Gasteiger partial charge in [-0.1, -0.05) is 74.5 Å². The highest BCUT2D eigenvalue weighted by atomic mass is 16.6. The molecule has 0 unspecified atom stereocenters. The Bertz CT molecular complexity index is 1640. The van der Waals surface area contributed by atoms with Crippen molar-refractivity contribution in [3.05, 3.63) is 89.5 Å². The van der Waals surface area contributed by atoms with E-state index in [0.29, 0.717) is 11.3 Å². The molecule has 0 saturated carbocycles. The number of carbonyl (C=O) groups excluding carboxylic acids is 4. The molecular weight excluding hydrogens is 630 g/mol. The molecule has 2 aliphatic rings. The van der Waals surface area contributed by atoms with Gasteiger partial charge in [0.05, 0.1) is 0 Å². The molecule has 3 aromatic carbocycles. The second-order valence-corrected chi connectivity index (χ2v) is 12.4. The first kappa shape index (κ1) is 34.7. The van der Waals surface area contributed by atoms with Crippen LogP contribution in [0.5, 0.6) is 0 Å². The molecule has 0 aromatic heterocycles. The van der Waals surface area contributed by atoms with Gasteiger partial charge in [0.25, 0.3) is 0 Å². The number of nitrogens with zero attached hydrogens (tertiary/aromatic N) is 2. The third-order valence-corrected chi connectivity index (χ3v) is 8.71. The van der Waals surface area contributed by atoms with Gasteiger partial charge in [-0.25, -0.2) is 14.4 Å². The highest BCUT2D eigenvalue weighted by Gasteiger charge is 2.31. The standard InChI is InChI=1S/C36H41N5O8/c1-22(2)31(39-34(44)48-21-30-28-10-6-4-8-26(28)27-9-5-7-11-29(27)30)33(43)37-23(3)32(42)38-25-14-12-24(13-15-25)20-49-36(47)41-18-16-40(17-19-41)35(45)46/h4-15,22-23,30-31H,16-21H2,1-3H3,(H,37,43)(H,38,42)(H,39,44)(H,45,46)/t23-,31-/m0/s1. The molecular formula is C36H41N5O8. The number of benzene rings is 3. The average molecular weight is 672 g/mol. The Morgan fingerprint density at radius 2 is 1.33 bits per heavy atom. The van der Waals surface area contributed by atoms with E-state index in [1.807, 2.05) is 36.4 Å². The Hall–Kier alpha value is -5.59. The number of amides is 5. The summed E-state index contributed by atoms with van der Waals surface area (Å²) in [7, 11) is 0. The van der Waals surface area contributed by atoms with E-state index in [1.54, 1.807) is 45.0 Å². The van der Waals surface area contributed by atoms with Crippen LogP contribution >= 0.6 is 0 Å². The number of alkyl carbamates (subject to hydrolysis) is 1. The van der Waals surface area contributed by atoms with Crippen LogP contribution in [0.2, 0.25) is 0 Å². The second kappa shape index (κ2) is 15.5. The number of hydrogen-bond donors (Lipinski definition) is 4. The number of carbonyl (C=O) groups is 5. The number of nitrogens with one attached hydrogen (secondary N) is 3. The van der Waals surface area contributed by atoms with Gasteiger partial charge in [-0.2, -0.15) is 0 Å². The summed E-state index contributed by atoms with van der Waals surface area (Å²) in [6.45, 7) is 6.21. The molecule has 5 rings (SSSR count). The van der Waals surface area contributed by atoms with Crippen LogP contribution in [0.15, 0.2) is 72.8 Å². The minimum Gasteiger partial charge on any atom is -0.465 e. The zero-order chi connectivity index (χ0) is 35.1. The molecule has 5 amide bonds. The van der Waals surface area contributed by atoms with Gasteiger partial charge in [0.2, 0.25) is 11.8 Å². The number of anilines is 1. The van der Waals surface area contributed by atoms with Crippen LogP contribution < -0.4 is 16.0 Å². The zero-order valence-electron chi connectivity index (χ0n) is 27.7. The molecule has 0 radical (unpaired) electrons. The number of fused-ring (bicyclic) bond motifs is 3. The van der Waals surface area contributed by atoms with Crippen LogP contribution in [0.4, 0.5) is 20.1 Å². The highest BCUT2D eigenvalue weighted by molar-refractivity contribution is 5.98. The number of carboxylic acid groups (broad SMARTS) is 1.